The van der Waals surface area contributed by atoms with Crippen molar-refractivity contribution in [3.8, 4) is 0 Å². The standard InChI is InChI=1S/C23H34N6O3/c1-23(2,3)18(22(32)25-4)27-21(31)17-16-13-28(5)11-6-12-29(16)20(26-17)15-9-7-14(8-10-15)19(24)30/h7,9,18H,6,8,10-13H2,1-5H3,(H2,24,30)(H,25,32)(H,27,31). The van der Waals surface area contributed by atoms with Gasteiger partial charge in [0.1, 0.15) is 11.9 Å². The van der Waals surface area contributed by atoms with Crippen molar-refractivity contribution >= 4 is 23.3 Å². The molecular formula is C23H34N6O3. The second kappa shape index (κ2) is 9.28. The number of primary amides is 1. The number of amides is 3. The van der Waals surface area contributed by atoms with E-state index in [2.05, 4.69) is 20.1 Å². The molecule has 1 atom stereocenters. The lowest BCUT2D eigenvalue weighted by molar-refractivity contribution is -0.124. The number of fused-ring (bicyclic) bond motifs is 1. The Labute approximate surface area is 189 Å². The highest BCUT2D eigenvalue weighted by Crippen LogP contribution is 2.30. The third-order valence-corrected chi connectivity index (χ3v) is 6.03. The number of carbonyl (C=O) groups is 3. The largest absolute Gasteiger partial charge is 0.366 e. The molecule has 0 aromatic carbocycles. The Kier molecular flexibility index (Phi) is 6.88. The number of nitrogens with zero attached hydrogens (tertiary/aromatic N) is 3. The van der Waals surface area contributed by atoms with Crippen LogP contribution < -0.4 is 16.4 Å². The van der Waals surface area contributed by atoms with Crippen LogP contribution in [0.25, 0.3) is 5.57 Å². The molecule has 2 aliphatic rings. The van der Waals surface area contributed by atoms with Gasteiger partial charge in [0, 0.05) is 25.7 Å². The van der Waals surface area contributed by atoms with Crippen molar-refractivity contribution in [2.24, 2.45) is 11.1 Å². The maximum Gasteiger partial charge on any atom is 0.272 e. The first-order valence-electron chi connectivity index (χ1n) is 11.0. The quantitative estimate of drug-likeness (QED) is 0.632. The monoisotopic (exact) mass is 442 g/mol. The third kappa shape index (κ3) is 4.93. The van der Waals surface area contributed by atoms with Crippen molar-refractivity contribution in [3.63, 3.8) is 0 Å². The lowest BCUT2D eigenvalue weighted by atomic mass is 9.86. The van der Waals surface area contributed by atoms with Crippen molar-refractivity contribution in [2.45, 2.75) is 59.2 Å². The second-order valence-corrected chi connectivity index (χ2v) is 9.61. The molecule has 1 aromatic heterocycles. The maximum atomic E-state index is 13.4. The first-order valence-corrected chi connectivity index (χ1v) is 11.0. The molecule has 9 heteroatoms. The number of hydrogen-bond acceptors (Lipinski definition) is 5. The Morgan fingerprint density at radius 1 is 1.16 bits per heavy atom. The Balaban J connectivity index is 2.02. The highest BCUT2D eigenvalue weighted by Gasteiger charge is 2.35. The van der Waals surface area contributed by atoms with Crippen LogP contribution in [-0.4, -0.2) is 58.9 Å². The number of rotatable bonds is 5. The topological polar surface area (TPSA) is 122 Å². The fraction of sp³-hybridized carbons (Fsp3) is 0.565. The summed E-state index contributed by atoms with van der Waals surface area (Å²) in [5.41, 5.74) is 7.69. The van der Waals surface area contributed by atoms with Gasteiger partial charge in [-0.05, 0) is 43.8 Å². The van der Waals surface area contributed by atoms with Gasteiger partial charge in [-0.2, -0.15) is 0 Å². The molecule has 0 radical (unpaired) electrons. The van der Waals surface area contributed by atoms with Crippen molar-refractivity contribution in [1.82, 2.24) is 25.1 Å². The van der Waals surface area contributed by atoms with Gasteiger partial charge in [0.2, 0.25) is 11.8 Å². The van der Waals surface area contributed by atoms with Crippen molar-refractivity contribution in [1.29, 1.82) is 0 Å². The molecule has 0 fully saturated rings. The summed E-state index contributed by atoms with van der Waals surface area (Å²) in [5.74, 6) is -0.268. The van der Waals surface area contributed by atoms with Crippen LogP contribution in [0, 0.1) is 5.41 Å². The predicted molar refractivity (Wildman–Crippen MR) is 122 cm³/mol. The molecule has 3 rings (SSSR count). The van der Waals surface area contributed by atoms with Crippen molar-refractivity contribution < 1.29 is 14.4 Å². The Hall–Kier alpha value is -2.94. The van der Waals surface area contributed by atoms with Gasteiger partial charge in [0.25, 0.3) is 5.91 Å². The highest BCUT2D eigenvalue weighted by atomic mass is 16.2. The van der Waals surface area contributed by atoms with Gasteiger partial charge in [-0.3, -0.25) is 14.4 Å². The first kappa shape index (κ1) is 23.7. The van der Waals surface area contributed by atoms with Gasteiger partial charge in [0.15, 0.2) is 5.69 Å². The third-order valence-electron chi connectivity index (χ3n) is 6.03. The molecule has 32 heavy (non-hydrogen) atoms. The summed E-state index contributed by atoms with van der Waals surface area (Å²) in [6.45, 7) is 7.99. The molecule has 0 saturated heterocycles. The Bertz CT molecular complexity index is 983. The van der Waals surface area contributed by atoms with E-state index in [9.17, 15) is 14.4 Å². The van der Waals surface area contributed by atoms with Gasteiger partial charge in [-0.25, -0.2) is 4.98 Å². The second-order valence-electron chi connectivity index (χ2n) is 9.61. The zero-order chi connectivity index (χ0) is 23.6. The molecule has 3 amide bonds. The van der Waals surface area contributed by atoms with E-state index < -0.39 is 17.4 Å². The van der Waals surface area contributed by atoms with E-state index in [0.29, 0.717) is 30.7 Å². The minimum atomic E-state index is -0.695. The van der Waals surface area contributed by atoms with E-state index in [1.165, 1.54) is 0 Å². The normalized spacial score (nSPS) is 18.0. The molecule has 4 N–H and O–H groups in total. The number of nitrogens with one attached hydrogen (secondary N) is 2. The van der Waals surface area contributed by atoms with Crippen LogP contribution in [0.2, 0.25) is 0 Å². The van der Waals surface area contributed by atoms with Gasteiger partial charge < -0.3 is 25.8 Å². The summed E-state index contributed by atoms with van der Waals surface area (Å²) in [7, 11) is 3.58. The zero-order valence-corrected chi connectivity index (χ0v) is 19.6. The summed E-state index contributed by atoms with van der Waals surface area (Å²) in [6, 6.07) is -0.695. The summed E-state index contributed by atoms with van der Waals surface area (Å²) in [6.07, 6.45) is 5.73. The van der Waals surface area contributed by atoms with Crippen LogP contribution in [0.1, 0.15) is 62.0 Å². The molecule has 174 valence electrons. The maximum absolute atomic E-state index is 13.4. The van der Waals surface area contributed by atoms with E-state index >= 15 is 0 Å². The van der Waals surface area contributed by atoms with E-state index in [-0.39, 0.29) is 11.8 Å². The molecule has 0 bridgehead atoms. The van der Waals surface area contributed by atoms with Gasteiger partial charge in [0.05, 0.1) is 5.69 Å². The Morgan fingerprint density at radius 2 is 1.88 bits per heavy atom. The summed E-state index contributed by atoms with van der Waals surface area (Å²) in [5, 5.41) is 5.55. The van der Waals surface area contributed by atoms with Crippen LogP contribution in [0.4, 0.5) is 0 Å². The van der Waals surface area contributed by atoms with Crippen molar-refractivity contribution in [2.75, 3.05) is 20.6 Å². The Morgan fingerprint density at radius 3 is 2.44 bits per heavy atom. The number of carbonyl (C=O) groups excluding carboxylic acids is 3. The number of allylic oxidation sites excluding steroid dienone is 3. The van der Waals surface area contributed by atoms with Crippen LogP contribution in [-0.2, 0) is 22.7 Å². The molecule has 1 aromatic rings. The molecule has 0 saturated carbocycles. The molecule has 1 aliphatic carbocycles. The number of imidazole rings is 1. The van der Waals surface area contributed by atoms with Crippen LogP contribution >= 0.6 is 0 Å². The molecule has 9 nitrogen and oxygen atoms in total. The molecule has 2 heterocycles. The van der Waals surface area contributed by atoms with Gasteiger partial charge in [-0.15, -0.1) is 0 Å². The fourth-order valence-corrected chi connectivity index (χ4v) is 4.20. The molecule has 1 unspecified atom stereocenters. The summed E-state index contributed by atoms with van der Waals surface area (Å²) >= 11 is 0. The van der Waals surface area contributed by atoms with Crippen LogP contribution in [0.3, 0.4) is 0 Å². The number of aromatic nitrogens is 2. The number of likely N-dealkylation sites (N-methyl/N-ethyl adjacent to an activating group) is 1. The molecule has 1 aliphatic heterocycles. The minimum Gasteiger partial charge on any atom is -0.366 e. The predicted octanol–water partition coefficient (Wildman–Crippen LogP) is 1.20. The summed E-state index contributed by atoms with van der Waals surface area (Å²) < 4.78 is 2.11. The van der Waals surface area contributed by atoms with E-state index in [0.717, 1.165) is 36.6 Å². The van der Waals surface area contributed by atoms with Crippen molar-refractivity contribution in [3.05, 3.63) is 34.9 Å². The minimum absolute atomic E-state index is 0.243. The smallest absolute Gasteiger partial charge is 0.272 e. The van der Waals surface area contributed by atoms with Crippen LogP contribution in [0.15, 0.2) is 17.7 Å². The average Bonchev–Trinajstić information content (AvgIpc) is 2.97. The molecular weight excluding hydrogens is 408 g/mol. The van der Waals surface area contributed by atoms with E-state index in [1.54, 1.807) is 13.1 Å². The van der Waals surface area contributed by atoms with Gasteiger partial charge >= 0.3 is 0 Å². The number of nitrogens with two attached hydrogens (primary N) is 1. The van der Waals surface area contributed by atoms with E-state index in [1.807, 2.05) is 33.9 Å². The van der Waals surface area contributed by atoms with Crippen LogP contribution in [0.5, 0.6) is 0 Å². The lowest BCUT2D eigenvalue weighted by Gasteiger charge is -2.29. The zero-order valence-electron chi connectivity index (χ0n) is 19.6. The van der Waals surface area contributed by atoms with Gasteiger partial charge in [-0.1, -0.05) is 32.9 Å². The summed E-state index contributed by atoms with van der Waals surface area (Å²) in [4.78, 5) is 44.2. The SMILES string of the molecule is CNC(=O)C(NC(=O)c1nc(C2=CC=C(C(N)=O)CC2)n2c1CN(C)CCC2)C(C)(C)C. The number of hydrogen-bond donors (Lipinski definition) is 3. The van der Waals surface area contributed by atoms with E-state index in [4.69, 9.17) is 10.7 Å². The fourth-order valence-electron chi connectivity index (χ4n) is 4.20. The highest BCUT2D eigenvalue weighted by molar-refractivity contribution is 5.98. The lowest BCUT2D eigenvalue weighted by Crippen LogP contribution is -2.53. The molecule has 0 spiro atoms. The average molecular weight is 443 g/mol. The first-order chi connectivity index (χ1) is 15.0.